The first-order chi connectivity index (χ1) is 9.33. The number of aromatic nitrogens is 3. The van der Waals surface area contributed by atoms with E-state index in [2.05, 4.69) is 19.9 Å². The summed E-state index contributed by atoms with van der Waals surface area (Å²) in [6.45, 7) is 1.86. The van der Waals surface area contributed by atoms with Gasteiger partial charge in [0.1, 0.15) is 0 Å². The summed E-state index contributed by atoms with van der Waals surface area (Å²) in [6.07, 6.45) is 7.38. The van der Waals surface area contributed by atoms with E-state index in [0.29, 0.717) is 6.04 Å². The molecule has 5 nitrogen and oxygen atoms in total. The number of nitrogens with zero attached hydrogens (tertiary/aromatic N) is 4. The highest BCUT2D eigenvalue weighted by Gasteiger charge is 2.18. The highest BCUT2D eigenvalue weighted by atomic mass is 15.3. The van der Waals surface area contributed by atoms with Gasteiger partial charge in [0.15, 0.2) is 0 Å². The second kappa shape index (κ2) is 5.32. The molecule has 3 heterocycles. The summed E-state index contributed by atoms with van der Waals surface area (Å²) in [5.74, 6) is 0.785. The molecule has 0 saturated carbocycles. The maximum absolute atomic E-state index is 5.92. The van der Waals surface area contributed by atoms with Crippen LogP contribution in [0.5, 0.6) is 0 Å². The smallest absolute Gasteiger partial charge is 0.225 e. The zero-order valence-electron chi connectivity index (χ0n) is 10.7. The molecule has 0 unspecified atom stereocenters. The Bertz CT molecular complexity index is 535. The molecule has 0 spiro atoms. The number of rotatable bonds is 2. The minimum Gasteiger partial charge on any atom is -0.341 e. The van der Waals surface area contributed by atoms with Crippen LogP contribution >= 0.6 is 0 Å². The summed E-state index contributed by atoms with van der Waals surface area (Å²) in [5, 5.41) is 0. The van der Waals surface area contributed by atoms with Gasteiger partial charge < -0.3 is 10.6 Å². The molecule has 0 aromatic carbocycles. The largest absolute Gasteiger partial charge is 0.341 e. The lowest BCUT2D eigenvalue weighted by Gasteiger charge is -2.30. The van der Waals surface area contributed by atoms with E-state index in [9.17, 15) is 0 Å². The Morgan fingerprint density at radius 2 is 2.00 bits per heavy atom. The number of piperidine rings is 1. The van der Waals surface area contributed by atoms with Gasteiger partial charge in [-0.3, -0.25) is 4.98 Å². The average molecular weight is 255 g/mol. The summed E-state index contributed by atoms with van der Waals surface area (Å²) in [7, 11) is 0. The van der Waals surface area contributed by atoms with Crippen molar-refractivity contribution in [2.45, 2.75) is 18.9 Å². The van der Waals surface area contributed by atoms with Gasteiger partial charge in [-0.15, -0.1) is 0 Å². The third-order valence-corrected chi connectivity index (χ3v) is 3.42. The lowest BCUT2D eigenvalue weighted by Crippen LogP contribution is -2.40. The number of hydrogen-bond donors (Lipinski definition) is 1. The van der Waals surface area contributed by atoms with Gasteiger partial charge in [-0.1, -0.05) is 0 Å². The highest BCUT2D eigenvalue weighted by molar-refractivity contribution is 5.58. The van der Waals surface area contributed by atoms with E-state index in [0.717, 1.165) is 43.1 Å². The lowest BCUT2D eigenvalue weighted by molar-refractivity contribution is 0.495. The molecule has 19 heavy (non-hydrogen) atoms. The van der Waals surface area contributed by atoms with Gasteiger partial charge in [-0.25, -0.2) is 9.97 Å². The molecule has 2 aromatic heterocycles. The Balaban J connectivity index is 1.84. The Labute approximate surface area is 112 Å². The maximum Gasteiger partial charge on any atom is 0.225 e. The van der Waals surface area contributed by atoms with Crippen LogP contribution in [0.2, 0.25) is 0 Å². The predicted octanol–water partition coefficient (Wildman–Crippen LogP) is 1.47. The average Bonchev–Trinajstić information content (AvgIpc) is 2.49. The molecule has 1 aliphatic rings. The maximum atomic E-state index is 5.92. The summed E-state index contributed by atoms with van der Waals surface area (Å²) < 4.78 is 0. The van der Waals surface area contributed by atoms with Crippen molar-refractivity contribution in [1.82, 2.24) is 15.0 Å². The third-order valence-electron chi connectivity index (χ3n) is 3.42. The minimum absolute atomic E-state index is 0.317. The van der Waals surface area contributed by atoms with Gasteiger partial charge >= 0.3 is 0 Å². The SMILES string of the molecule is NC1CCN(c2nccc(-c3cccnc3)n2)CC1. The van der Waals surface area contributed by atoms with E-state index in [1.165, 1.54) is 0 Å². The molecule has 1 fully saturated rings. The molecular formula is C14H17N5. The molecule has 1 saturated heterocycles. The standard InChI is InChI=1S/C14H17N5/c15-12-4-8-19(9-5-12)14-17-7-3-13(18-14)11-2-1-6-16-10-11/h1-3,6-7,10,12H,4-5,8-9,15H2. The minimum atomic E-state index is 0.317. The van der Waals surface area contributed by atoms with Crippen LogP contribution in [0.4, 0.5) is 5.95 Å². The van der Waals surface area contributed by atoms with Crippen molar-refractivity contribution < 1.29 is 0 Å². The quantitative estimate of drug-likeness (QED) is 0.880. The van der Waals surface area contributed by atoms with Crippen LogP contribution in [-0.2, 0) is 0 Å². The Kier molecular flexibility index (Phi) is 3.37. The fraction of sp³-hybridized carbons (Fsp3) is 0.357. The zero-order chi connectivity index (χ0) is 13.1. The molecule has 2 aromatic rings. The molecule has 0 radical (unpaired) electrons. The topological polar surface area (TPSA) is 67.9 Å². The number of hydrogen-bond acceptors (Lipinski definition) is 5. The normalized spacial score (nSPS) is 16.6. The predicted molar refractivity (Wildman–Crippen MR) is 74.7 cm³/mol. The molecule has 0 amide bonds. The third kappa shape index (κ3) is 2.71. The molecule has 0 atom stereocenters. The van der Waals surface area contributed by atoms with Crippen molar-refractivity contribution in [3.05, 3.63) is 36.8 Å². The molecular weight excluding hydrogens is 238 g/mol. The first kappa shape index (κ1) is 12.0. The molecule has 3 rings (SSSR count). The molecule has 0 bridgehead atoms. The fourth-order valence-electron chi connectivity index (χ4n) is 2.28. The first-order valence-corrected chi connectivity index (χ1v) is 6.57. The van der Waals surface area contributed by atoms with Crippen molar-refractivity contribution in [2.75, 3.05) is 18.0 Å². The van der Waals surface area contributed by atoms with Crippen LogP contribution in [0, 0.1) is 0 Å². The number of nitrogens with two attached hydrogens (primary N) is 1. The van der Waals surface area contributed by atoms with E-state index < -0.39 is 0 Å². The summed E-state index contributed by atoms with van der Waals surface area (Å²) in [5.41, 5.74) is 7.84. The van der Waals surface area contributed by atoms with Crippen molar-refractivity contribution >= 4 is 5.95 Å². The number of pyridine rings is 1. The van der Waals surface area contributed by atoms with Gasteiger partial charge in [0, 0.05) is 43.3 Å². The van der Waals surface area contributed by atoms with Crippen LogP contribution in [-0.4, -0.2) is 34.1 Å². The summed E-state index contributed by atoms with van der Waals surface area (Å²) in [4.78, 5) is 15.3. The number of anilines is 1. The monoisotopic (exact) mass is 255 g/mol. The van der Waals surface area contributed by atoms with Crippen LogP contribution in [0.25, 0.3) is 11.3 Å². The van der Waals surface area contributed by atoms with Crippen LogP contribution in [0.15, 0.2) is 36.8 Å². The molecule has 1 aliphatic heterocycles. The van der Waals surface area contributed by atoms with Gasteiger partial charge in [0.25, 0.3) is 0 Å². The van der Waals surface area contributed by atoms with Crippen LogP contribution in [0.3, 0.4) is 0 Å². The van der Waals surface area contributed by atoms with Gasteiger partial charge in [-0.2, -0.15) is 0 Å². The van der Waals surface area contributed by atoms with Crippen molar-refractivity contribution in [1.29, 1.82) is 0 Å². The molecule has 5 heteroatoms. The van der Waals surface area contributed by atoms with E-state index >= 15 is 0 Å². The summed E-state index contributed by atoms with van der Waals surface area (Å²) in [6, 6.07) is 6.15. The fourth-order valence-corrected chi connectivity index (χ4v) is 2.28. The lowest BCUT2D eigenvalue weighted by atomic mass is 10.1. The van der Waals surface area contributed by atoms with Crippen LogP contribution < -0.4 is 10.6 Å². The van der Waals surface area contributed by atoms with Gasteiger partial charge in [0.2, 0.25) is 5.95 Å². The molecule has 98 valence electrons. The van der Waals surface area contributed by atoms with E-state index in [1.54, 1.807) is 12.4 Å². The molecule has 2 N–H and O–H groups in total. The second-order valence-electron chi connectivity index (χ2n) is 4.81. The van der Waals surface area contributed by atoms with Gasteiger partial charge in [-0.05, 0) is 31.0 Å². The zero-order valence-corrected chi connectivity index (χ0v) is 10.7. The van der Waals surface area contributed by atoms with Crippen molar-refractivity contribution in [2.24, 2.45) is 5.73 Å². The van der Waals surface area contributed by atoms with Crippen molar-refractivity contribution in [3.63, 3.8) is 0 Å². The van der Waals surface area contributed by atoms with E-state index in [4.69, 9.17) is 5.73 Å². The Morgan fingerprint density at radius 1 is 1.16 bits per heavy atom. The van der Waals surface area contributed by atoms with E-state index in [-0.39, 0.29) is 0 Å². The van der Waals surface area contributed by atoms with E-state index in [1.807, 2.05) is 24.4 Å². The molecule has 0 aliphatic carbocycles. The van der Waals surface area contributed by atoms with Crippen molar-refractivity contribution in [3.8, 4) is 11.3 Å². The Hall–Kier alpha value is -2.01. The highest BCUT2D eigenvalue weighted by Crippen LogP contribution is 2.20. The second-order valence-corrected chi connectivity index (χ2v) is 4.81. The Morgan fingerprint density at radius 3 is 2.74 bits per heavy atom. The summed E-state index contributed by atoms with van der Waals surface area (Å²) >= 11 is 0. The van der Waals surface area contributed by atoms with Crippen LogP contribution in [0.1, 0.15) is 12.8 Å². The van der Waals surface area contributed by atoms with Gasteiger partial charge in [0.05, 0.1) is 5.69 Å². The first-order valence-electron chi connectivity index (χ1n) is 6.57.